The highest BCUT2D eigenvalue weighted by atomic mass is 19.1. The van der Waals surface area contributed by atoms with Crippen LogP contribution in [0.2, 0.25) is 0 Å². The van der Waals surface area contributed by atoms with E-state index in [1.54, 1.807) is 6.07 Å². The Balaban J connectivity index is 1.98. The number of carboxylic acid groups (broad SMARTS) is 1. The topological polar surface area (TPSA) is 49.8 Å². The molecule has 0 bridgehead atoms. The van der Waals surface area contributed by atoms with Crippen LogP contribution in [-0.2, 0) is 9.53 Å². The zero-order valence-electron chi connectivity index (χ0n) is 12.6. The molecule has 2 unspecified atom stereocenters. The lowest BCUT2D eigenvalue weighted by Crippen LogP contribution is -2.33. The van der Waals surface area contributed by atoms with Gasteiger partial charge in [0.15, 0.2) is 0 Å². The molecule has 0 radical (unpaired) electrons. The van der Waals surface area contributed by atoms with Gasteiger partial charge in [-0.15, -0.1) is 0 Å². The predicted octanol–water partition coefficient (Wildman–Crippen LogP) is 3.29. The van der Waals surface area contributed by atoms with Crippen molar-refractivity contribution in [2.24, 2.45) is 0 Å². The van der Waals surface area contributed by atoms with Crippen molar-refractivity contribution in [1.82, 2.24) is 4.90 Å². The standard InChI is InChI=1S/C17H22FNO3/c18-12-6-7-13(15-5-1-4-10-22-15)14(11-12)16(17(20)21)19-8-2-3-9-19/h6-7,11,15-16H,1-5,8-10H2,(H,20,21). The first-order valence-corrected chi connectivity index (χ1v) is 8.04. The Kier molecular flexibility index (Phi) is 4.74. The normalized spacial score (nSPS) is 24.3. The number of ether oxygens (including phenoxy) is 1. The molecule has 1 aromatic carbocycles. The van der Waals surface area contributed by atoms with E-state index in [0.29, 0.717) is 12.2 Å². The van der Waals surface area contributed by atoms with Crippen molar-refractivity contribution < 1.29 is 19.0 Å². The number of halogens is 1. The van der Waals surface area contributed by atoms with Crippen molar-refractivity contribution in [3.05, 3.63) is 35.1 Å². The van der Waals surface area contributed by atoms with Gasteiger partial charge in [-0.25, -0.2) is 4.39 Å². The minimum Gasteiger partial charge on any atom is -0.480 e. The third kappa shape index (κ3) is 3.15. The summed E-state index contributed by atoms with van der Waals surface area (Å²) in [5, 5.41) is 9.70. The number of hydrogen-bond acceptors (Lipinski definition) is 3. The molecular formula is C17H22FNO3. The summed E-state index contributed by atoms with van der Waals surface area (Å²) in [6.07, 6.45) is 4.83. The van der Waals surface area contributed by atoms with Crippen molar-refractivity contribution in [2.75, 3.05) is 19.7 Å². The molecule has 0 saturated carbocycles. The van der Waals surface area contributed by atoms with Gasteiger partial charge in [-0.1, -0.05) is 6.07 Å². The molecule has 120 valence electrons. The van der Waals surface area contributed by atoms with Crippen molar-refractivity contribution in [1.29, 1.82) is 0 Å². The lowest BCUT2D eigenvalue weighted by Gasteiger charge is -2.30. The van der Waals surface area contributed by atoms with Crippen LogP contribution >= 0.6 is 0 Å². The number of carboxylic acids is 1. The van der Waals surface area contributed by atoms with E-state index in [9.17, 15) is 14.3 Å². The molecule has 2 atom stereocenters. The Morgan fingerprint density at radius 2 is 2.05 bits per heavy atom. The molecule has 0 aliphatic carbocycles. The van der Waals surface area contributed by atoms with Gasteiger partial charge in [0.1, 0.15) is 11.9 Å². The van der Waals surface area contributed by atoms with Crippen LogP contribution in [0.25, 0.3) is 0 Å². The zero-order chi connectivity index (χ0) is 15.5. The first-order chi connectivity index (χ1) is 10.7. The molecule has 1 aromatic rings. The average molecular weight is 307 g/mol. The van der Waals surface area contributed by atoms with Crippen LogP contribution < -0.4 is 0 Å². The van der Waals surface area contributed by atoms with E-state index >= 15 is 0 Å². The molecule has 2 heterocycles. The van der Waals surface area contributed by atoms with Crippen molar-refractivity contribution in [3.8, 4) is 0 Å². The molecule has 2 aliphatic rings. The number of benzene rings is 1. The summed E-state index contributed by atoms with van der Waals surface area (Å²) >= 11 is 0. The molecule has 2 saturated heterocycles. The maximum absolute atomic E-state index is 13.8. The highest BCUT2D eigenvalue weighted by Gasteiger charge is 2.33. The maximum atomic E-state index is 13.8. The van der Waals surface area contributed by atoms with E-state index in [1.807, 2.05) is 4.90 Å². The number of carbonyl (C=O) groups is 1. The number of rotatable bonds is 4. The maximum Gasteiger partial charge on any atom is 0.325 e. The first kappa shape index (κ1) is 15.4. The Bertz CT molecular complexity index is 537. The molecule has 5 heteroatoms. The number of nitrogens with zero attached hydrogens (tertiary/aromatic N) is 1. The highest BCUT2D eigenvalue weighted by molar-refractivity contribution is 5.76. The van der Waals surface area contributed by atoms with E-state index in [-0.39, 0.29) is 11.9 Å². The second-order valence-corrected chi connectivity index (χ2v) is 6.11. The lowest BCUT2D eigenvalue weighted by molar-refractivity contribution is -0.143. The van der Waals surface area contributed by atoms with E-state index in [4.69, 9.17) is 4.74 Å². The Hall–Kier alpha value is -1.46. The molecule has 3 rings (SSSR count). The molecule has 1 N–H and O–H groups in total. The molecule has 0 aromatic heterocycles. The number of hydrogen-bond donors (Lipinski definition) is 1. The largest absolute Gasteiger partial charge is 0.480 e. The summed E-state index contributed by atoms with van der Waals surface area (Å²) in [5.41, 5.74) is 1.39. The van der Waals surface area contributed by atoms with Gasteiger partial charge in [-0.3, -0.25) is 9.69 Å². The Morgan fingerprint density at radius 1 is 1.27 bits per heavy atom. The van der Waals surface area contributed by atoms with Crippen molar-refractivity contribution in [2.45, 2.75) is 44.2 Å². The first-order valence-electron chi connectivity index (χ1n) is 8.04. The van der Waals surface area contributed by atoms with E-state index in [2.05, 4.69) is 0 Å². The van der Waals surface area contributed by atoms with Crippen LogP contribution in [-0.4, -0.2) is 35.7 Å². The molecule has 0 amide bonds. The van der Waals surface area contributed by atoms with E-state index in [0.717, 1.165) is 50.8 Å². The van der Waals surface area contributed by atoms with Crippen LogP contribution in [0, 0.1) is 5.82 Å². The number of likely N-dealkylation sites (tertiary alicyclic amines) is 1. The van der Waals surface area contributed by atoms with Gasteiger partial charge in [0.25, 0.3) is 0 Å². The second-order valence-electron chi connectivity index (χ2n) is 6.11. The summed E-state index contributed by atoms with van der Waals surface area (Å²) in [7, 11) is 0. The second kappa shape index (κ2) is 6.75. The summed E-state index contributed by atoms with van der Waals surface area (Å²) < 4.78 is 19.6. The van der Waals surface area contributed by atoms with E-state index < -0.39 is 12.0 Å². The van der Waals surface area contributed by atoms with Gasteiger partial charge in [-0.2, -0.15) is 0 Å². The summed E-state index contributed by atoms with van der Waals surface area (Å²) in [6.45, 7) is 2.18. The molecule has 0 spiro atoms. The average Bonchev–Trinajstić information content (AvgIpc) is 3.02. The monoisotopic (exact) mass is 307 g/mol. The third-order valence-electron chi connectivity index (χ3n) is 4.61. The van der Waals surface area contributed by atoms with Gasteiger partial charge in [0.2, 0.25) is 0 Å². The summed E-state index contributed by atoms with van der Waals surface area (Å²) in [4.78, 5) is 13.8. The quantitative estimate of drug-likeness (QED) is 0.927. The predicted molar refractivity (Wildman–Crippen MR) is 80.1 cm³/mol. The van der Waals surface area contributed by atoms with Gasteiger partial charge in [0, 0.05) is 6.61 Å². The SMILES string of the molecule is O=C(O)C(c1cc(F)ccc1C1CCCCO1)N1CCCC1. The van der Waals surface area contributed by atoms with Crippen LogP contribution in [0.1, 0.15) is 55.4 Å². The van der Waals surface area contributed by atoms with E-state index in [1.165, 1.54) is 12.1 Å². The lowest BCUT2D eigenvalue weighted by atomic mass is 9.92. The highest BCUT2D eigenvalue weighted by Crippen LogP contribution is 2.36. The van der Waals surface area contributed by atoms with Crippen molar-refractivity contribution >= 4 is 5.97 Å². The fraction of sp³-hybridized carbons (Fsp3) is 0.588. The van der Waals surface area contributed by atoms with Crippen LogP contribution in [0.3, 0.4) is 0 Å². The minimum atomic E-state index is -0.912. The fourth-order valence-electron chi connectivity index (χ4n) is 3.55. The van der Waals surface area contributed by atoms with Crippen LogP contribution in [0.5, 0.6) is 0 Å². The molecule has 2 aliphatic heterocycles. The summed E-state index contributed by atoms with van der Waals surface area (Å²) in [6, 6.07) is 3.70. The minimum absolute atomic E-state index is 0.117. The smallest absolute Gasteiger partial charge is 0.325 e. The fourth-order valence-corrected chi connectivity index (χ4v) is 3.55. The molecule has 2 fully saturated rings. The number of aliphatic carboxylic acids is 1. The summed E-state index contributed by atoms with van der Waals surface area (Å²) in [5.74, 6) is -1.30. The van der Waals surface area contributed by atoms with Gasteiger partial charge < -0.3 is 9.84 Å². The Labute approximate surface area is 129 Å². The van der Waals surface area contributed by atoms with Gasteiger partial charge >= 0.3 is 5.97 Å². The van der Waals surface area contributed by atoms with Gasteiger partial charge in [0.05, 0.1) is 6.10 Å². The van der Waals surface area contributed by atoms with Gasteiger partial charge in [-0.05, 0) is 68.5 Å². The van der Waals surface area contributed by atoms with Crippen LogP contribution in [0.15, 0.2) is 18.2 Å². The zero-order valence-corrected chi connectivity index (χ0v) is 12.6. The molecule has 22 heavy (non-hydrogen) atoms. The third-order valence-corrected chi connectivity index (χ3v) is 4.61. The Morgan fingerprint density at radius 3 is 2.68 bits per heavy atom. The molecule has 4 nitrogen and oxygen atoms in total. The van der Waals surface area contributed by atoms with Crippen molar-refractivity contribution in [3.63, 3.8) is 0 Å². The van der Waals surface area contributed by atoms with Crippen LogP contribution in [0.4, 0.5) is 4.39 Å². The molecular weight excluding hydrogens is 285 g/mol.